The summed E-state index contributed by atoms with van der Waals surface area (Å²) in [7, 11) is 0. The van der Waals surface area contributed by atoms with Gasteiger partial charge in [-0.2, -0.15) is 0 Å². The van der Waals surface area contributed by atoms with Crippen molar-refractivity contribution in [1.29, 1.82) is 0 Å². The first kappa shape index (κ1) is 18.9. The van der Waals surface area contributed by atoms with Gasteiger partial charge in [-0.05, 0) is 40.6 Å². The lowest BCUT2D eigenvalue weighted by Gasteiger charge is -2.07. The van der Waals surface area contributed by atoms with Gasteiger partial charge in [0.1, 0.15) is 5.82 Å². The molecule has 0 radical (unpaired) electrons. The molecule has 0 saturated carbocycles. The second-order valence-corrected chi connectivity index (χ2v) is 6.91. The molecule has 0 aliphatic rings. The molecule has 0 atom stereocenters. The third-order valence-corrected chi connectivity index (χ3v) is 4.81. The maximum atomic E-state index is 12.8. The van der Waals surface area contributed by atoms with Gasteiger partial charge in [0.05, 0.1) is 5.75 Å². The highest BCUT2D eigenvalue weighted by Crippen LogP contribution is 2.23. The van der Waals surface area contributed by atoms with E-state index in [9.17, 15) is 14.0 Å². The first-order chi connectivity index (χ1) is 13.1. The van der Waals surface area contributed by atoms with Crippen LogP contribution in [0.3, 0.4) is 0 Å². The van der Waals surface area contributed by atoms with E-state index in [4.69, 9.17) is 4.74 Å². The Morgan fingerprint density at radius 2 is 1.70 bits per heavy atom. The van der Waals surface area contributed by atoms with E-state index in [2.05, 4.69) is 5.32 Å². The highest BCUT2D eigenvalue weighted by molar-refractivity contribution is 8.00. The molecule has 4 nitrogen and oxygen atoms in total. The number of nitrogens with one attached hydrogen (secondary N) is 1. The van der Waals surface area contributed by atoms with Crippen molar-refractivity contribution in [3.8, 4) is 0 Å². The molecule has 27 heavy (non-hydrogen) atoms. The van der Waals surface area contributed by atoms with E-state index in [0.717, 1.165) is 21.2 Å². The van der Waals surface area contributed by atoms with Crippen LogP contribution in [-0.4, -0.2) is 24.2 Å². The molecular formula is C21H18FNO3S. The fourth-order valence-electron chi connectivity index (χ4n) is 2.44. The molecule has 0 aromatic heterocycles. The van der Waals surface area contributed by atoms with Crippen LogP contribution in [0, 0.1) is 5.82 Å². The molecule has 6 heteroatoms. The van der Waals surface area contributed by atoms with Crippen molar-refractivity contribution in [2.75, 3.05) is 12.4 Å². The van der Waals surface area contributed by atoms with Gasteiger partial charge in [0.2, 0.25) is 0 Å². The highest BCUT2D eigenvalue weighted by Gasteiger charge is 2.09. The van der Waals surface area contributed by atoms with Crippen LogP contribution in [0.4, 0.5) is 4.39 Å². The van der Waals surface area contributed by atoms with Crippen LogP contribution < -0.4 is 5.32 Å². The molecule has 0 aliphatic carbocycles. The lowest BCUT2D eigenvalue weighted by atomic mass is 10.1. The molecule has 3 aromatic carbocycles. The zero-order chi connectivity index (χ0) is 19.1. The number of carbonyl (C=O) groups is 2. The summed E-state index contributed by atoms with van der Waals surface area (Å²) in [5.74, 6) is -1.06. The topological polar surface area (TPSA) is 55.4 Å². The number of esters is 1. The molecule has 3 rings (SSSR count). The van der Waals surface area contributed by atoms with Crippen molar-refractivity contribution in [1.82, 2.24) is 5.32 Å². The third kappa shape index (κ3) is 5.82. The van der Waals surface area contributed by atoms with E-state index in [1.54, 1.807) is 12.1 Å². The Morgan fingerprint density at radius 3 is 2.48 bits per heavy atom. The Morgan fingerprint density at radius 1 is 0.963 bits per heavy atom. The van der Waals surface area contributed by atoms with Crippen LogP contribution in [0.1, 0.15) is 5.56 Å². The van der Waals surface area contributed by atoms with Crippen LogP contribution in [0.5, 0.6) is 0 Å². The minimum atomic E-state index is -0.454. The van der Waals surface area contributed by atoms with Crippen LogP contribution in [0.2, 0.25) is 0 Å². The number of benzene rings is 3. The van der Waals surface area contributed by atoms with Crippen molar-refractivity contribution >= 4 is 34.4 Å². The van der Waals surface area contributed by atoms with Crippen LogP contribution in [0.25, 0.3) is 10.8 Å². The average Bonchev–Trinajstić information content (AvgIpc) is 2.70. The summed E-state index contributed by atoms with van der Waals surface area (Å²) < 4.78 is 17.8. The largest absolute Gasteiger partial charge is 0.455 e. The highest BCUT2D eigenvalue weighted by atomic mass is 32.2. The van der Waals surface area contributed by atoms with Gasteiger partial charge in [0.15, 0.2) is 6.61 Å². The molecule has 0 saturated heterocycles. The van der Waals surface area contributed by atoms with Gasteiger partial charge in [0.25, 0.3) is 5.91 Å². The maximum Gasteiger partial charge on any atom is 0.316 e. The summed E-state index contributed by atoms with van der Waals surface area (Å²) in [6, 6.07) is 19.8. The number of halogens is 1. The second-order valence-electron chi connectivity index (χ2n) is 5.86. The molecule has 0 unspecified atom stereocenters. The Kier molecular flexibility index (Phi) is 6.44. The minimum Gasteiger partial charge on any atom is -0.455 e. The number of amides is 1. The number of rotatable bonds is 7. The minimum absolute atomic E-state index is 0.129. The molecule has 3 aromatic rings. The average molecular weight is 383 g/mol. The molecule has 0 aliphatic heterocycles. The molecule has 0 fully saturated rings. The van der Waals surface area contributed by atoms with Gasteiger partial charge in [-0.1, -0.05) is 42.5 Å². The number of hydrogen-bond donors (Lipinski definition) is 1. The zero-order valence-electron chi connectivity index (χ0n) is 14.5. The van der Waals surface area contributed by atoms with E-state index in [-0.39, 0.29) is 24.7 Å². The summed E-state index contributed by atoms with van der Waals surface area (Å²) in [5, 5.41) is 4.87. The van der Waals surface area contributed by atoms with Gasteiger partial charge >= 0.3 is 5.97 Å². The molecule has 138 valence electrons. The van der Waals surface area contributed by atoms with Crippen LogP contribution >= 0.6 is 11.8 Å². The van der Waals surface area contributed by atoms with Crippen molar-refractivity contribution in [3.63, 3.8) is 0 Å². The molecule has 0 heterocycles. The Labute approximate surface area is 160 Å². The first-order valence-electron chi connectivity index (χ1n) is 8.38. The lowest BCUT2D eigenvalue weighted by Crippen LogP contribution is -2.28. The van der Waals surface area contributed by atoms with Gasteiger partial charge < -0.3 is 10.1 Å². The number of thioether (sulfide) groups is 1. The van der Waals surface area contributed by atoms with E-state index >= 15 is 0 Å². The second kappa shape index (κ2) is 9.19. The van der Waals surface area contributed by atoms with Gasteiger partial charge in [-0.25, -0.2) is 4.39 Å². The molecule has 0 spiro atoms. The van der Waals surface area contributed by atoms with Crippen LogP contribution in [-0.2, 0) is 20.9 Å². The predicted molar refractivity (Wildman–Crippen MR) is 104 cm³/mol. The number of fused-ring (bicyclic) bond motifs is 1. The van der Waals surface area contributed by atoms with E-state index in [0.29, 0.717) is 0 Å². The fourth-order valence-corrected chi connectivity index (χ4v) is 3.18. The Hall–Kier alpha value is -2.86. The smallest absolute Gasteiger partial charge is 0.316 e. The first-order valence-corrected chi connectivity index (χ1v) is 9.37. The van der Waals surface area contributed by atoms with Gasteiger partial charge in [-0.15, -0.1) is 11.8 Å². The predicted octanol–water partition coefficient (Wildman–Crippen LogP) is 3.93. The van der Waals surface area contributed by atoms with Gasteiger partial charge in [-0.3, -0.25) is 9.59 Å². The SMILES string of the molecule is O=C(COC(=O)CSc1ccc2ccccc2c1)NCc1ccc(F)cc1. The van der Waals surface area contributed by atoms with Crippen molar-refractivity contribution < 1.29 is 18.7 Å². The zero-order valence-corrected chi connectivity index (χ0v) is 15.3. The third-order valence-electron chi connectivity index (χ3n) is 3.84. The monoisotopic (exact) mass is 383 g/mol. The standard InChI is InChI=1S/C21H18FNO3S/c22-18-8-5-15(6-9-18)12-23-20(24)13-26-21(25)14-27-19-10-7-16-3-1-2-4-17(16)11-19/h1-11H,12-14H2,(H,23,24). The molecule has 0 bridgehead atoms. The Balaban J connectivity index is 1.39. The van der Waals surface area contributed by atoms with Crippen LogP contribution in [0.15, 0.2) is 71.6 Å². The number of carbonyl (C=O) groups excluding carboxylic acids is 2. The lowest BCUT2D eigenvalue weighted by molar-refractivity contribution is -0.145. The summed E-state index contributed by atoms with van der Waals surface area (Å²) in [6.07, 6.45) is 0. The van der Waals surface area contributed by atoms with Crippen molar-refractivity contribution in [2.45, 2.75) is 11.4 Å². The van der Waals surface area contributed by atoms with E-state index in [1.807, 2.05) is 42.5 Å². The van der Waals surface area contributed by atoms with Gasteiger partial charge in [0, 0.05) is 11.4 Å². The normalized spacial score (nSPS) is 10.6. The van der Waals surface area contributed by atoms with Crippen molar-refractivity contribution in [3.05, 3.63) is 78.1 Å². The quantitative estimate of drug-likeness (QED) is 0.496. The molecule has 1 amide bonds. The van der Waals surface area contributed by atoms with Crippen molar-refractivity contribution in [2.24, 2.45) is 0 Å². The summed E-state index contributed by atoms with van der Waals surface area (Å²) in [4.78, 5) is 24.5. The molecular weight excluding hydrogens is 365 g/mol. The summed E-state index contributed by atoms with van der Waals surface area (Å²) in [6.45, 7) is -0.0825. The van der Waals surface area contributed by atoms with E-state index < -0.39 is 11.9 Å². The van der Waals surface area contributed by atoms with E-state index in [1.165, 1.54) is 23.9 Å². The molecule has 1 N–H and O–H groups in total. The summed E-state index contributed by atoms with van der Waals surface area (Å²) >= 11 is 1.36. The fraction of sp³-hybridized carbons (Fsp3) is 0.143. The Bertz CT molecular complexity index is 944. The summed E-state index contributed by atoms with van der Waals surface area (Å²) in [5.41, 5.74) is 0.767. The maximum absolute atomic E-state index is 12.8. The number of hydrogen-bond acceptors (Lipinski definition) is 4. The number of ether oxygens (including phenoxy) is 1.